The van der Waals surface area contributed by atoms with Crippen molar-refractivity contribution in [1.29, 1.82) is 0 Å². The van der Waals surface area contributed by atoms with Gasteiger partial charge in [0.05, 0.1) is 7.11 Å². The first-order valence-electron chi connectivity index (χ1n) is 6.05. The Hall–Kier alpha value is -1.36. The first-order valence-corrected chi connectivity index (χ1v) is 7.10. The number of rotatable bonds is 7. The van der Waals surface area contributed by atoms with Gasteiger partial charge in [0.15, 0.2) is 0 Å². The highest BCUT2D eigenvalue weighted by Gasteiger charge is 2.22. The van der Waals surface area contributed by atoms with Gasteiger partial charge < -0.3 is 4.74 Å². The molecule has 0 bridgehead atoms. The van der Waals surface area contributed by atoms with Gasteiger partial charge in [-0.25, -0.2) is 4.39 Å². The van der Waals surface area contributed by atoms with Crippen molar-refractivity contribution >= 4 is 23.5 Å². The lowest BCUT2D eigenvalue weighted by molar-refractivity contribution is -0.140. The Balaban J connectivity index is 2.73. The smallest absolute Gasteiger partial charge is 0.323 e. The van der Waals surface area contributed by atoms with E-state index < -0.39 is 17.0 Å². The summed E-state index contributed by atoms with van der Waals surface area (Å²) in [6.07, 6.45) is 0.896. The van der Waals surface area contributed by atoms with Gasteiger partial charge in [0.1, 0.15) is 16.9 Å². The van der Waals surface area contributed by atoms with Gasteiger partial charge in [0.2, 0.25) is 0 Å². The molecule has 3 nitrogen and oxygen atoms in total. The summed E-state index contributed by atoms with van der Waals surface area (Å²) >= 11 is 1.30. The molecule has 0 spiro atoms. The second-order valence-corrected chi connectivity index (χ2v) is 5.18. The van der Waals surface area contributed by atoms with E-state index in [0.29, 0.717) is 24.2 Å². The number of ether oxygens (including phenoxy) is 1. The average molecular weight is 284 g/mol. The zero-order chi connectivity index (χ0) is 14.3. The Morgan fingerprint density at radius 3 is 2.74 bits per heavy atom. The fourth-order valence-corrected chi connectivity index (χ4v) is 2.70. The number of carbonyl (C=O) groups is 2. The van der Waals surface area contributed by atoms with Crippen LogP contribution in [-0.4, -0.2) is 24.6 Å². The van der Waals surface area contributed by atoms with Gasteiger partial charge in [-0.3, -0.25) is 9.59 Å². The summed E-state index contributed by atoms with van der Waals surface area (Å²) in [6.45, 7) is 1.80. The largest absolute Gasteiger partial charge is 0.468 e. The van der Waals surface area contributed by atoms with Gasteiger partial charge in [-0.15, -0.1) is 11.8 Å². The minimum atomic E-state index is -0.592. The zero-order valence-electron chi connectivity index (χ0n) is 11.0. The standard InChI is InChI=1S/C14H17FO3S/c1-3-12(16)7-8-19-13(14(17)18-2)10-5-4-6-11(15)9-10/h4-6,9,13H,3,7-8H2,1-2H3. The minimum absolute atomic E-state index is 0.148. The van der Waals surface area contributed by atoms with E-state index in [9.17, 15) is 14.0 Å². The molecule has 0 saturated carbocycles. The van der Waals surface area contributed by atoms with Crippen LogP contribution in [0.5, 0.6) is 0 Å². The third-order valence-corrected chi connectivity index (χ3v) is 3.86. The Morgan fingerprint density at radius 1 is 1.42 bits per heavy atom. The van der Waals surface area contributed by atoms with Crippen molar-refractivity contribution in [3.63, 3.8) is 0 Å². The fraction of sp³-hybridized carbons (Fsp3) is 0.429. The highest BCUT2D eigenvalue weighted by molar-refractivity contribution is 8.00. The van der Waals surface area contributed by atoms with Crippen LogP contribution >= 0.6 is 11.8 Å². The van der Waals surface area contributed by atoms with Crippen molar-refractivity contribution < 1.29 is 18.7 Å². The molecular formula is C14H17FO3S. The molecule has 0 heterocycles. The van der Waals surface area contributed by atoms with Crippen LogP contribution in [0, 0.1) is 5.82 Å². The SMILES string of the molecule is CCC(=O)CCSC(C(=O)OC)c1cccc(F)c1. The van der Waals surface area contributed by atoms with Crippen LogP contribution in [0.1, 0.15) is 30.6 Å². The van der Waals surface area contributed by atoms with Crippen LogP contribution in [0.4, 0.5) is 4.39 Å². The number of ketones is 1. The molecule has 104 valence electrons. The number of hydrogen-bond acceptors (Lipinski definition) is 4. The quantitative estimate of drug-likeness (QED) is 0.721. The topological polar surface area (TPSA) is 43.4 Å². The van der Waals surface area contributed by atoms with Crippen LogP contribution < -0.4 is 0 Å². The van der Waals surface area contributed by atoms with Crippen LogP contribution in [0.15, 0.2) is 24.3 Å². The van der Waals surface area contributed by atoms with Gasteiger partial charge in [-0.05, 0) is 17.7 Å². The van der Waals surface area contributed by atoms with Crippen molar-refractivity contribution in [2.75, 3.05) is 12.9 Å². The number of Topliss-reactive ketones (excluding diaryl/α,β-unsaturated/α-hetero) is 1. The predicted octanol–water partition coefficient (Wildman–Crippen LogP) is 3.14. The number of methoxy groups -OCH3 is 1. The Morgan fingerprint density at radius 2 is 2.16 bits per heavy atom. The Labute approximate surface area is 116 Å². The summed E-state index contributed by atoms with van der Waals surface area (Å²) in [6, 6.07) is 5.87. The van der Waals surface area contributed by atoms with Crippen molar-refractivity contribution in [3.8, 4) is 0 Å². The molecule has 0 fully saturated rings. The molecule has 0 radical (unpaired) electrons. The van der Waals surface area contributed by atoms with Gasteiger partial charge in [-0.1, -0.05) is 19.1 Å². The number of hydrogen-bond donors (Lipinski definition) is 0. The van der Waals surface area contributed by atoms with E-state index >= 15 is 0 Å². The molecule has 0 aliphatic carbocycles. The number of carbonyl (C=O) groups excluding carboxylic acids is 2. The number of halogens is 1. The van der Waals surface area contributed by atoms with E-state index in [4.69, 9.17) is 4.74 Å². The van der Waals surface area contributed by atoms with Crippen molar-refractivity contribution in [1.82, 2.24) is 0 Å². The number of thioether (sulfide) groups is 1. The summed E-state index contributed by atoms with van der Waals surface area (Å²) in [7, 11) is 1.30. The molecule has 0 N–H and O–H groups in total. The van der Waals surface area contributed by atoms with E-state index in [1.54, 1.807) is 19.1 Å². The monoisotopic (exact) mass is 284 g/mol. The highest BCUT2D eigenvalue weighted by Crippen LogP contribution is 2.31. The number of benzene rings is 1. The van der Waals surface area contributed by atoms with Gasteiger partial charge in [-0.2, -0.15) is 0 Å². The second kappa shape index (κ2) is 7.94. The van der Waals surface area contributed by atoms with Crippen molar-refractivity contribution in [3.05, 3.63) is 35.6 Å². The molecule has 0 saturated heterocycles. The summed E-state index contributed by atoms with van der Waals surface area (Å²) in [5, 5.41) is -0.592. The van der Waals surface area contributed by atoms with Crippen LogP contribution in [-0.2, 0) is 14.3 Å². The highest BCUT2D eigenvalue weighted by atomic mass is 32.2. The van der Waals surface area contributed by atoms with E-state index in [1.807, 2.05) is 0 Å². The molecule has 1 aromatic rings. The van der Waals surface area contributed by atoms with Gasteiger partial charge >= 0.3 is 5.97 Å². The van der Waals surface area contributed by atoms with Crippen molar-refractivity contribution in [2.45, 2.75) is 25.0 Å². The van der Waals surface area contributed by atoms with Gasteiger partial charge in [0, 0.05) is 18.6 Å². The normalized spacial score (nSPS) is 11.9. The molecule has 1 rings (SSSR count). The lowest BCUT2D eigenvalue weighted by atomic mass is 10.1. The lowest BCUT2D eigenvalue weighted by Gasteiger charge is -2.14. The summed E-state index contributed by atoms with van der Waals surface area (Å²) in [5.41, 5.74) is 0.556. The predicted molar refractivity (Wildman–Crippen MR) is 73.5 cm³/mol. The average Bonchev–Trinajstić information content (AvgIpc) is 2.42. The summed E-state index contributed by atoms with van der Waals surface area (Å²) < 4.78 is 17.9. The van der Waals surface area contributed by atoms with Crippen LogP contribution in [0.3, 0.4) is 0 Å². The molecule has 0 aliphatic heterocycles. The molecule has 0 aromatic heterocycles. The minimum Gasteiger partial charge on any atom is -0.468 e. The summed E-state index contributed by atoms with van der Waals surface area (Å²) in [5.74, 6) is -0.158. The third-order valence-electron chi connectivity index (χ3n) is 2.63. The van der Waals surface area contributed by atoms with E-state index in [-0.39, 0.29) is 5.78 Å². The van der Waals surface area contributed by atoms with Gasteiger partial charge in [0.25, 0.3) is 0 Å². The molecule has 0 aliphatic rings. The molecule has 5 heteroatoms. The van der Waals surface area contributed by atoms with Crippen LogP contribution in [0.25, 0.3) is 0 Å². The molecule has 0 amide bonds. The maximum absolute atomic E-state index is 13.2. The lowest BCUT2D eigenvalue weighted by Crippen LogP contribution is -2.12. The fourth-order valence-electron chi connectivity index (χ4n) is 1.54. The molecule has 1 aromatic carbocycles. The maximum atomic E-state index is 13.2. The first kappa shape index (κ1) is 15.7. The Kier molecular flexibility index (Phi) is 6.56. The first-order chi connectivity index (χ1) is 9.08. The van der Waals surface area contributed by atoms with E-state index in [0.717, 1.165) is 0 Å². The molecular weight excluding hydrogens is 267 g/mol. The third kappa shape index (κ3) is 5.03. The molecule has 1 atom stereocenters. The zero-order valence-corrected chi connectivity index (χ0v) is 11.8. The second-order valence-electron chi connectivity index (χ2n) is 3.97. The van der Waals surface area contributed by atoms with E-state index in [2.05, 4.69) is 0 Å². The Bertz CT molecular complexity index is 448. The maximum Gasteiger partial charge on any atom is 0.323 e. The summed E-state index contributed by atoms with van der Waals surface area (Å²) in [4.78, 5) is 23.0. The van der Waals surface area contributed by atoms with Crippen LogP contribution in [0.2, 0.25) is 0 Å². The van der Waals surface area contributed by atoms with E-state index in [1.165, 1.54) is 31.0 Å². The molecule has 19 heavy (non-hydrogen) atoms. The molecule has 1 unspecified atom stereocenters. The number of esters is 1. The van der Waals surface area contributed by atoms with Crippen molar-refractivity contribution in [2.24, 2.45) is 0 Å².